The summed E-state index contributed by atoms with van der Waals surface area (Å²) in [6.45, 7) is 3.34. The molecule has 1 aromatic carbocycles. The Kier molecular flexibility index (Phi) is 3.90. The van der Waals surface area contributed by atoms with Crippen molar-refractivity contribution in [3.63, 3.8) is 0 Å². The topological polar surface area (TPSA) is 56.3 Å². The van der Waals surface area contributed by atoms with Gasteiger partial charge >= 0.3 is 0 Å². The van der Waals surface area contributed by atoms with Crippen molar-refractivity contribution in [2.24, 2.45) is 0 Å². The van der Waals surface area contributed by atoms with Gasteiger partial charge < -0.3 is 14.8 Å². The SMILES string of the molecule is CCCc1c(NC)ncnc1-c1ccc2c(c1)OCCO2. The highest BCUT2D eigenvalue weighted by Gasteiger charge is 2.16. The molecule has 5 heteroatoms. The lowest BCUT2D eigenvalue weighted by atomic mass is 10.0. The number of aromatic nitrogens is 2. The summed E-state index contributed by atoms with van der Waals surface area (Å²) in [4.78, 5) is 8.79. The molecule has 0 fully saturated rings. The van der Waals surface area contributed by atoms with E-state index in [2.05, 4.69) is 22.2 Å². The van der Waals surface area contributed by atoms with E-state index in [1.54, 1.807) is 6.33 Å². The number of hydrogen-bond acceptors (Lipinski definition) is 5. The monoisotopic (exact) mass is 285 g/mol. The van der Waals surface area contributed by atoms with Crippen molar-refractivity contribution in [3.05, 3.63) is 30.1 Å². The Balaban J connectivity index is 2.07. The molecule has 3 rings (SSSR count). The zero-order valence-electron chi connectivity index (χ0n) is 12.3. The normalized spacial score (nSPS) is 13.0. The van der Waals surface area contributed by atoms with Gasteiger partial charge in [-0.3, -0.25) is 0 Å². The van der Waals surface area contributed by atoms with Gasteiger partial charge in [0.2, 0.25) is 0 Å². The molecule has 1 aromatic heterocycles. The minimum atomic E-state index is 0.587. The molecule has 0 saturated carbocycles. The molecule has 0 spiro atoms. The van der Waals surface area contributed by atoms with Crippen LogP contribution in [-0.2, 0) is 6.42 Å². The maximum Gasteiger partial charge on any atom is 0.162 e. The number of nitrogens with zero attached hydrogens (tertiary/aromatic N) is 2. The zero-order chi connectivity index (χ0) is 14.7. The second-order valence-corrected chi connectivity index (χ2v) is 4.91. The molecule has 110 valence electrons. The van der Waals surface area contributed by atoms with Crippen LogP contribution in [0, 0.1) is 0 Å². The largest absolute Gasteiger partial charge is 0.486 e. The van der Waals surface area contributed by atoms with Crippen molar-refractivity contribution in [2.75, 3.05) is 25.6 Å². The number of hydrogen-bond donors (Lipinski definition) is 1. The van der Waals surface area contributed by atoms with Crippen LogP contribution in [0.4, 0.5) is 5.82 Å². The van der Waals surface area contributed by atoms with Gasteiger partial charge in [0, 0.05) is 18.2 Å². The highest BCUT2D eigenvalue weighted by molar-refractivity contribution is 5.70. The van der Waals surface area contributed by atoms with Crippen molar-refractivity contribution < 1.29 is 9.47 Å². The van der Waals surface area contributed by atoms with Crippen LogP contribution < -0.4 is 14.8 Å². The van der Waals surface area contributed by atoms with E-state index in [0.29, 0.717) is 13.2 Å². The average Bonchev–Trinajstić information content (AvgIpc) is 2.55. The molecule has 0 atom stereocenters. The molecule has 0 unspecified atom stereocenters. The lowest BCUT2D eigenvalue weighted by Gasteiger charge is -2.19. The van der Waals surface area contributed by atoms with E-state index >= 15 is 0 Å². The summed E-state index contributed by atoms with van der Waals surface area (Å²) in [7, 11) is 1.88. The van der Waals surface area contributed by atoms with Gasteiger partial charge in [-0.25, -0.2) is 9.97 Å². The van der Waals surface area contributed by atoms with Crippen LogP contribution in [0.25, 0.3) is 11.3 Å². The first-order chi connectivity index (χ1) is 10.3. The third kappa shape index (κ3) is 2.63. The summed E-state index contributed by atoms with van der Waals surface area (Å²) in [5.41, 5.74) is 3.12. The number of benzene rings is 1. The van der Waals surface area contributed by atoms with Gasteiger partial charge in [0.25, 0.3) is 0 Å². The maximum atomic E-state index is 5.66. The predicted molar refractivity (Wildman–Crippen MR) is 82.0 cm³/mol. The molecular weight excluding hydrogens is 266 g/mol. The van der Waals surface area contributed by atoms with E-state index in [1.165, 1.54) is 0 Å². The minimum absolute atomic E-state index is 0.587. The molecule has 2 aromatic rings. The molecule has 21 heavy (non-hydrogen) atoms. The number of anilines is 1. The number of fused-ring (bicyclic) bond motifs is 1. The Labute approximate surface area is 124 Å². The van der Waals surface area contributed by atoms with Crippen molar-refractivity contribution in [3.8, 4) is 22.8 Å². The smallest absolute Gasteiger partial charge is 0.162 e. The van der Waals surface area contributed by atoms with Crippen LogP contribution in [0.15, 0.2) is 24.5 Å². The number of nitrogens with one attached hydrogen (secondary N) is 1. The molecular formula is C16H19N3O2. The van der Waals surface area contributed by atoms with Crippen LogP contribution in [-0.4, -0.2) is 30.2 Å². The quantitative estimate of drug-likeness (QED) is 0.936. The second-order valence-electron chi connectivity index (χ2n) is 4.91. The summed E-state index contributed by atoms with van der Waals surface area (Å²) < 4.78 is 11.2. The maximum absolute atomic E-state index is 5.66. The number of rotatable bonds is 4. The molecule has 2 heterocycles. The molecule has 0 bridgehead atoms. The van der Waals surface area contributed by atoms with Crippen molar-refractivity contribution in [2.45, 2.75) is 19.8 Å². The Morgan fingerprint density at radius 1 is 1.14 bits per heavy atom. The third-order valence-electron chi connectivity index (χ3n) is 3.50. The van der Waals surface area contributed by atoms with E-state index < -0.39 is 0 Å². The van der Waals surface area contributed by atoms with E-state index in [9.17, 15) is 0 Å². The fourth-order valence-electron chi connectivity index (χ4n) is 2.55. The minimum Gasteiger partial charge on any atom is -0.486 e. The van der Waals surface area contributed by atoms with Crippen molar-refractivity contribution >= 4 is 5.82 Å². The summed E-state index contributed by atoms with van der Waals surface area (Å²) >= 11 is 0. The zero-order valence-corrected chi connectivity index (χ0v) is 12.3. The van der Waals surface area contributed by atoms with E-state index in [-0.39, 0.29) is 0 Å². The number of ether oxygens (including phenoxy) is 2. The summed E-state index contributed by atoms with van der Waals surface area (Å²) in [6.07, 6.45) is 3.57. The van der Waals surface area contributed by atoms with E-state index in [0.717, 1.165) is 47.0 Å². The summed E-state index contributed by atoms with van der Waals surface area (Å²) in [6, 6.07) is 5.96. The van der Waals surface area contributed by atoms with Crippen LogP contribution in [0.5, 0.6) is 11.5 Å². The average molecular weight is 285 g/mol. The van der Waals surface area contributed by atoms with E-state index in [4.69, 9.17) is 9.47 Å². The Morgan fingerprint density at radius 2 is 1.95 bits per heavy atom. The van der Waals surface area contributed by atoms with Gasteiger partial charge in [0.05, 0.1) is 5.69 Å². The van der Waals surface area contributed by atoms with Crippen molar-refractivity contribution in [1.82, 2.24) is 9.97 Å². The van der Waals surface area contributed by atoms with Crippen LogP contribution in [0.3, 0.4) is 0 Å². The molecule has 1 aliphatic rings. The van der Waals surface area contributed by atoms with E-state index in [1.807, 2.05) is 25.2 Å². The van der Waals surface area contributed by atoms with Gasteiger partial charge in [-0.15, -0.1) is 0 Å². The van der Waals surface area contributed by atoms with Gasteiger partial charge in [-0.1, -0.05) is 13.3 Å². The molecule has 0 radical (unpaired) electrons. The first-order valence-electron chi connectivity index (χ1n) is 7.25. The highest BCUT2D eigenvalue weighted by Crippen LogP contribution is 2.36. The molecule has 0 saturated heterocycles. The lowest BCUT2D eigenvalue weighted by molar-refractivity contribution is 0.171. The predicted octanol–water partition coefficient (Wildman–Crippen LogP) is 2.91. The second kappa shape index (κ2) is 5.99. The Morgan fingerprint density at radius 3 is 2.71 bits per heavy atom. The van der Waals surface area contributed by atoms with Gasteiger partial charge in [0.15, 0.2) is 11.5 Å². The van der Waals surface area contributed by atoms with Crippen molar-refractivity contribution in [1.29, 1.82) is 0 Å². The lowest BCUT2D eigenvalue weighted by Crippen LogP contribution is -2.15. The van der Waals surface area contributed by atoms with Gasteiger partial charge in [0.1, 0.15) is 25.4 Å². The third-order valence-corrected chi connectivity index (χ3v) is 3.50. The van der Waals surface area contributed by atoms with Crippen LogP contribution in [0.2, 0.25) is 0 Å². The first kappa shape index (κ1) is 13.7. The molecule has 0 amide bonds. The molecule has 1 aliphatic heterocycles. The molecule has 1 N–H and O–H groups in total. The molecule has 0 aliphatic carbocycles. The summed E-state index contributed by atoms with van der Waals surface area (Å²) in [5.74, 6) is 2.47. The Bertz CT molecular complexity index is 643. The fraction of sp³-hybridized carbons (Fsp3) is 0.375. The van der Waals surface area contributed by atoms with Gasteiger partial charge in [-0.05, 0) is 24.6 Å². The van der Waals surface area contributed by atoms with Crippen LogP contribution >= 0.6 is 0 Å². The first-order valence-corrected chi connectivity index (χ1v) is 7.25. The molecule has 5 nitrogen and oxygen atoms in total. The van der Waals surface area contributed by atoms with Crippen LogP contribution in [0.1, 0.15) is 18.9 Å². The summed E-state index contributed by atoms with van der Waals surface area (Å²) in [5, 5.41) is 3.15. The highest BCUT2D eigenvalue weighted by atomic mass is 16.6. The Hall–Kier alpha value is -2.30. The standard InChI is InChI=1S/C16H19N3O2/c1-3-4-12-15(18-10-19-16(12)17-2)11-5-6-13-14(9-11)21-8-7-20-13/h5-6,9-10H,3-4,7-8H2,1-2H3,(H,17,18,19). The van der Waals surface area contributed by atoms with Gasteiger partial charge in [-0.2, -0.15) is 0 Å². The fourth-order valence-corrected chi connectivity index (χ4v) is 2.55.